The minimum absolute atomic E-state index is 0.00675. The summed E-state index contributed by atoms with van der Waals surface area (Å²) in [6.45, 7) is -0.835. The van der Waals surface area contributed by atoms with Gasteiger partial charge in [-0.3, -0.25) is 9.10 Å². The number of halogens is 2. The minimum Gasteiger partial charge on any atom is -0.474 e. The van der Waals surface area contributed by atoms with Gasteiger partial charge in [-0.2, -0.15) is 0 Å². The molecule has 1 aliphatic heterocycles. The number of fused-ring (bicyclic) bond motifs is 1. The van der Waals surface area contributed by atoms with E-state index in [1.807, 2.05) is 0 Å². The summed E-state index contributed by atoms with van der Waals surface area (Å²) in [4.78, 5) is 25.1. The van der Waals surface area contributed by atoms with Crippen molar-refractivity contribution in [3.05, 3.63) is 47.7 Å². The Morgan fingerprint density at radius 2 is 2.21 bits per heavy atom. The van der Waals surface area contributed by atoms with E-state index in [1.165, 1.54) is 34.9 Å². The Bertz CT molecular complexity index is 1200. The Morgan fingerprint density at radius 3 is 2.91 bits per heavy atom. The van der Waals surface area contributed by atoms with Crippen LogP contribution in [0.25, 0.3) is 0 Å². The highest BCUT2D eigenvalue weighted by Crippen LogP contribution is 2.49. The summed E-state index contributed by atoms with van der Waals surface area (Å²) in [6, 6.07) is 4.12. The first-order chi connectivity index (χ1) is 15.7. The molecule has 2 heterocycles. The molecule has 0 spiro atoms. The number of ether oxygens (including phenoxy) is 1. The Hall–Kier alpha value is -3.28. The van der Waals surface area contributed by atoms with Crippen LogP contribution in [-0.4, -0.2) is 61.8 Å². The second kappa shape index (κ2) is 8.58. The number of hydrogen-bond acceptors (Lipinski definition) is 7. The van der Waals surface area contributed by atoms with Crippen LogP contribution in [0.5, 0.6) is 5.88 Å². The van der Waals surface area contributed by atoms with Crippen molar-refractivity contribution in [1.29, 1.82) is 0 Å². The number of nitrogens with two attached hydrogens (primary N) is 1. The van der Waals surface area contributed by atoms with E-state index in [-0.39, 0.29) is 29.7 Å². The third kappa shape index (κ3) is 3.99. The van der Waals surface area contributed by atoms with Gasteiger partial charge in [-0.15, -0.1) is 0 Å². The van der Waals surface area contributed by atoms with Crippen LogP contribution >= 0.6 is 0 Å². The molecule has 2 unspecified atom stereocenters. The van der Waals surface area contributed by atoms with Gasteiger partial charge in [-0.1, -0.05) is 0 Å². The fourth-order valence-corrected chi connectivity index (χ4v) is 6.53. The van der Waals surface area contributed by atoms with Gasteiger partial charge in [-0.05, 0) is 43.3 Å². The Balaban J connectivity index is 1.64. The number of nitrogens with one attached hydrogen (secondary N) is 1. The highest BCUT2D eigenvalue weighted by molar-refractivity contribution is 7.99. The zero-order valence-electron chi connectivity index (χ0n) is 18.0. The van der Waals surface area contributed by atoms with Gasteiger partial charge in [-0.25, -0.2) is 28.0 Å². The number of rotatable bonds is 6. The molecule has 12 heteroatoms. The smallest absolute Gasteiger partial charge is 0.275 e. The van der Waals surface area contributed by atoms with Gasteiger partial charge >= 0.3 is 0 Å². The lowest BCUT2D eigenvalue weighted by atomic mass is 9.87. The lowest BCUT2D eigenvalue weighted by Gasteiger charge is -2.42. The van der Waals surface area contributed by atoms with Crippen LogP contribution in [0.1, 0.15) is 35.3 Å². The van der Waals surface area contributed by atoms with Crippen molar-refractivity contribution in [1.82, 2.24) is 14.3 Å². The van der Waals surface area contributed by atoms with E-state index in [2.05, 4.69) is 26.1 Å². The SMILES string of the molecule is C=S1(=O)C2CCC[C@]2(c2cc(NC(=O)c3cnc(OCCF)cn3)ccc2F)N=C(N)N1C. The maximum absolute atomic E-state index is 15.1. The number of alkyl halides is 1. The largest absolute Gasteiger partial charge is 0.474 e. The molecule has 176 valence electrons. The molecule has 2 aromatic rings. The van der Waals surface area contributed by atoms with Crippen molar-refractivity contribution in [2.75, 3.05) is 25.6 Å². The summed E-state index contributed by atoms with van der Waals surface area (Å²) in [5.74, 6) is 2.91. The van der Waals surface area contributed by atoms with Gasteiger partial charge in [0, 0.05) is 18.3 Å². The van der Waals surface area contributed by atoms with Gasteiger partial charge in [0.15, 0.2) is 0 Å². The maximum Gasteiger partial charge on any atom is 0.275 e. The molecule has 1 aliphatic carbocycles. The maximum atomic E-state index is 15.1. The number of guanidine groups is 1. The van der Waals surface area contributed by atoms with Crippen molar-refractivity contribution in [3.8, 4) is 5.88 Å². The third-order valence-electron chi connectivity index (χ3n) is 5.98. The molecule has 33 heavy (non-hydrogen) atoms. The number of hydrogen-bond donors (Lipinski definition) is 2. The van der Waals surface area contributed by atoms with Gasteiger partial charge < -0.3 is 15.8 Å². The van der Waals surface area contributed by atoms with Crippen LogP contribution in [0.3, 0.4) is 0 Å². The molecule has 1 amide bonds. The topological polar surface area (TPSA) is 123 Å². The molecular weight excluding hydrogens is 454 g/mol. The number of aromatic nitrogens is 2. The molecule has 1 aromatic carbocycles. The van der Waals surface area contributed by atoms with E-state index in [0.717, 1.165) is 0 Å². The molecule has 4 rings (SSSR count). The van der Waals surface area contributed by atoms with Crippen LogP contribution in [0.15, 0.2) is 35.6 Å². The Morgan fingerprint density at radius 1 is 1.42 bits per heavy atom. The fraction of sp³-hybridized carbons (Fsp3) is 0.381. The summed E-state index contributed by atoms with van der Waals surface area (Å²) in [5, 5.41) is 2.14. The zero-order valence-corrected chi connectivity index (χ0v) is 18.8. The molecule has 3 N–H and O–H groups in total. The Kier molecular flexibility index (Phi) is 5.95. The lowest BCUT2D eigenvalue weighted by Crippen LogP contribution is -2.55. The Labute approximate surface area is 190 Å². The molecule has 0 radical (unpaired) electrons. The number of carbonyl (C=O) groups excluding carboxylic acids is 1. The summed E-state index contributed by atoms with van der Waals surface area (Å²) in [7, 11) is -1.26. The van der Waals surface area contributed by atoms with Crippen molar-refractivity contribution < 1.29 is 22.5 Å². The second-order valence-electron chi connectivity index (χ2n) is 7.89. The van der Waals surface area contributed by atoms with Crippen molar-refractivity contribution in [2.24, 2.45) is 10.7 Å². The predicted molar refractivity (Wildman–Crippen MR) is 122 cm³/mol. The summed E-state index contributed by atoms with van der Waals surface area (Å²) in [6.07, 6.45) is 4.11. The van der Waals surface area contributed by atoms with E-state index in [9.17, 15) is 13.4 Å². The van der Waals surface area contributed by atoms with Crippen LogP contribution < -0.4 is 15.8 Å². The van der Waals surface area contributed by atoms with E-state index in [1.54, 1.807) is 7.05 Å². The molecule has 1 fully saturated rings. The fourth-order valence-electron chi connectivity index (χ4n) is 4.35. The molecule has 1 aromatic heterocycles. The van der Waals surface area contributed by atoms with Crippen molar-refractivity contribution in [2.45, 2.75) is 30.1 Å². The monoisotopic (exact) mass is 478 g/mol. The van der Waals surface area contributed by atoms with Gasteiger partial charge in [0.1, 0.15) is 30.3 Å². The number of anilines is 1. The average Bonchev–Trinajstić information content (AvgIpc) is 3.23. The predicted octanol–water partition coefficient (Wildman–Crippen LogP) is 1.86. The van der Waals surface area contributed by atoms with Gasteiger partial charge in [0.2, 0.25) is 11.8 Å². The second-order valence-corrected chi connectivity index (χ2v) is 10.4. The normalized spacial score (nSPS) is 26.5. The van der Waals surface area contributed by atoms with Crippen molar-refractivity contribution >= 4 is 33.1 Å². The first-order valence-corrected chi connectivity index (χ1v) is 12.0. The number of amides is 1. The average molecular weight is 479 g/mol. The van der Waals surface area contributed by atoms with Crippen molar-refractivity contribution in [3.63, 3.8) is 0 Å². The molecular formula is C21H24F2N6O3S. The first-order valence-electron chi connectivity index (χ1n) is 10.3. The quantitative estimate of drug-likeness (QED) is 0.611. The van der Waals surface area contributed by atoms with Crippen LogP contribution in [0, 0.1) is 5.82 Å². The molecule has 1 saturated carbocycles. The molecule has 2 aliphatic rings. The van der Waals surface area contributed by atoms with E-state index in [4.69, 9.17) is 10.5 Å². The van der Waals surface area contributed by atoms with Crippen LogP contribution in [0.2, 0.25) is 0 Å². The number of aliphatic imine (C=N–C) groups is 1. The molecule has 0 bridgehead atoms. The summed E-state index contributed by atoms with van der Waals surface area (Å²) < 4.78 is 47.0. The highest BCUT2D eigenvalue weighted by atomic mass is 32.2. The standard InChI is InChI=1S/C21H24F2N6O3S/c1-29-20(24)28-21(7-3-4-17(21)33(29,2)31)14-10-13(5-6-15(14)23)27-19(30)16-11-26-18(12-25-16)32-9-8-22/h5-6,10-12,17H,2-4,7-9H2,1H3,(H2,24,28)(H,27,30)/t17?,21-,33?/m1/s1. The van der Waals surface area contributed by atoms with Gasteiger partial charge in [0.05, 0.1) is 27.4 Å². The molecule has 3 atom stereocenters. The highest BCUT2D eigenvalue weighted by Gasteiger charge is 2.54. The number of benzene rings is 1. The first kappa shape index (κ1) is 22.9. The number of carbonyl (C=O) groups is 1. The minimum atomic E-state index is -2.83. The van der Waals surface area contributed by atoms with Crippen LogP contribution in [-0.2, 0) is 15.2 Å². The van der Waals surface area contributed by atoms with E-state index in [0.29, 0.717) is 24.9 Å². The summed E-state index contributed by atoms with van der Waals surface area (Å²) >= 11 is 0. The molecule has 9 nitrogen and oxygen atoms in total. The molecule has 0 saturated heterocycles. The third-order valence-corrected chi connectivity index (χ3v) is 8.61. The van der Waals surface area contributed by atoms with E-state index >= 15 is 4.39 Å². The van der Waals surface area contributed by atoms with Crippen LogP contribution in [0.4, 0.5) is 14.5 Å². The van der Waals surface area contributed by atoms with E-state index < -0.39 is 38.9 Å². The summed E-state index contributed by atoms with van der Waals surface area (Å²) in [5.41, 5.74) is 5.41. The zero-order chi connectivity index (χ0) is 23.8. The lowest BCUT2D eigenvalue weighted by molar-refractivity contribution is 0.102. The number of nitrogens with zero attached hydrogens (tertiary/aromatic N) is 4. The van der Waals surface area contributed by atoms with Gasteiger partial charge in [0.25, 0.3) is 5.91 Å².